The van der Waals surface area contributed by atoms with Gasteiger partial charge in [0.1, 0.15) is 30.3 Å². The summed E-state index contributed by atoms with van der Waals surface area (Å²) in [5.74, 6) is -0.154. The van der Waals surface area contributed by atoms with Crippen molar-refractivity contribution in [2.75, 3.05) is 39.2 Å². The number of hydrogen-bond donors (Lipinski definition) is 3. The molecule has 4 amide bonds. The van der Waals surface area contributed by atoms with Gasteiger partial charge in [0, 0.05) is 62.0 Å². The molecular formula is C42H48N6O9. The second-order valence-electron chi connectivity index (χ2n) is 14.5. The Kier molecular flexibility index (Phi) is 12.1. The number of piperidine rings is 1. The third-order valence-electron chi connectivity index (χ3n) is 10.8. The second kappa shape index (κ2) is 17.6. The number of pyridine rings is 2. The SMILES string of the molecule is COc1cc(-c2cn(C)c(=O)c3cnccc23)cc(OC)c1COCC(=O)NCCCCCCCCNc1cccc2c1C(=O)N(C1CCC(=O)NC1=O)C1OC21. The number of imide groups is 1. The first-order valence-electron chi connectivity index (χ1n) is 19.4. The minimum atomic E-state index is -0.723. The number of methoxy groups -OCH3 is 2. The molecule has 2 aromatic heterocycles. The maximum absolute atomic E-state index is 13.6. The zero-order chi connectivity index (χ0) is 40.1. The third-order valence-corrected chi connectivity index (χ3v) is 10.8. The quantitative estimate of drug-likeness (QED) is 0.0741. The second-order valence-corrected chi connectivity index (χ2v) is 14.5. The number of amides is 4. The predicted molar refractivity (Wildman–Crippen MR) is 211 cm³/mol. The van der Waals surface area contributed by atoms with Gasteiger partial charge in [-0.15, -0.1) is 0 Å². The lowest BCUT2D eigenvalue weighted by Crippen LogP contribution is -2.56. The Labute approximate surface area is 330 Å². The number of nitrogens with one attached hydrogen (secondary N) is 3. The Hall–Kier alpha value is -5.80. The summed E-state index contributed by atoms with van der Waals surface area (Å²) >= 11 is 0. The number of aromatic nitrogens is 2. The number of benzene rings is 2. The fourth-order valence-electron chi connectivity index (χ4n) is 7.78. The third kappa shape index (κ3) is 8.49. The first kappa shape index (κ1) is 39.4. The smallest absolute Gasteiger partial charge is 0.259 e. The maximum Gasteiger partial charge on any atom is 0.259 e. The summed E-state index contributed by atoms with van der Waals surface area (Å²) < 4.78 is 24.5. The summed E-state index contributed by atoms with van der Waals surface area (Å²) in [5, 5.41) is 9.98. The van der Waals surface area contributed by atoms with Gasteiger partial charge in [-0.3, -0.25) is 39.2 Å². The largest absolute Gasteiger partial charge is 0.496 e. The van der Waals surface area contributed by atoms with Crippen molar-refractivity contribution in [2.24, 2.45) is 7.05 Å². The van der Waals surface area contributed by atoms with Crippen LogP contribution in [0, 0.1) is 0 Å². The molecule has 3 unspecified atom stereocenters. The predicted octanol–water partition coefficient (Wildman–Crippen LogP) is 4.36. The molecule has 0 aliphatic carbocycles. The van der Waals surface area contributed by atoms with E-state index in [1.807, 2.05) is 36.4 Å². The van der Waals surface area contributed by atoms with E-state index in [1.165, 1.54) is 9.47 Å². The number of epoxide rings is 1. The number of ether oxygens (including phenoxy) is 4. The molecule has 3 aliphatic rings. The van der Waals surface area contributed by atoms with E-state index in [9.17, 15) is 24.0 Å². The van der Waals surface area contributed by atoms with Gasteiger partial charge in [-0.05, 0) is 54.5 Å². The molecular weight excluding hydrogens is 732 g/mol. The van der Waals surface area contributed by atoms with E-state index in [-0.39, 0.29) is 55.4 Å². The first-order valence-corrected chi connectivity index (χ1v) is 19.4. The lowest BCUT2D eigenvalue weighted by atomic mass is 9.94. The summed E-state index contributed by atoms with van der Waals surface area (Å²) in [7, 11) is 4.83. The summed E-state index contributed by atoms with van der Waals surface area (Å²) in [4.78, 5) is 68.7. The van der Waals surface area contributed by atoms with Gasteiger partial charge in [-0.2, -0.15) is 0 Å². The minimum absolute atomic E-state index is 0.103. The van der Waals surface area contributed by atoms with Crippen LogP contribution in [0.5, 0.6) is 11.5 Å². The van der Waals surface area contributed by atoms with Crippen LogP contribution in [0.25, 0.3) is 21.9 Å². The maximum atomic E-state index is 13.6. The Morgan fingerprint density at radius 1 is 0.965 bits per heavy atom. The van der Waals surface area contributed by atoms with Gasteiger partial charge < -0.3 is 34.1 Å². The van der Waals surface area contributed by atoms with Gasteiger partial charge in [0.2, 0.25) is 17.7 Å². The van der Waals surface area contributed by atoms with E-state index in [2.05, 4.69) is 20.9 Å². The number of nitrogens with zero attached hydrogens (tertiary/aromatic N) is 3. The zero-order valence-electron chi connectivity index (χ0n) is 32.4. The van der Waals surface area contributed by atoms with Crippen molar-refractivity contribution in [3.8, 4) is 22.6 Å². The fourth-order valence-corrected chi connectivity index (χ4v) is 7.78. The zero-order valence-corrected chi connectivity index (χ0v) is 32.4. The molecule has 57 heavy (non-hydrogen) atoms. The molecule has 2 saturated heterocycles. The van der Waals surface area contributed by atoms with Crippen LogP contribution in [0.2, 0.25) is 0 Å². The van der Waals surface area contributed by atoms with Crippen LogP contribution in [-0.2, 0) is 37.5 Å². The molecule has 5 heterocycles. The van der Waals surface area contributed by atoms with Crippen molar-refractivity contribution in [3.05, 3.63) is 82.0 Å². The lowest BCUT2D eigenvalue weighted by molar-refractivity contribution is -0.137. The van der Waals surface area contributed by atoms with Gasteiger partial charge in [0.15, 0.2) is 6.23 Å². The molecule has 0 saturated carbocycles. The molecule has 4 aromatic rings. The standard InChI is InChI=1S/C42H48N6O9/c1-47-22-29(26-15-18-43-21-28(26)40(47)52)25-19-33(54-2)30(34(20-25)55-3)23-56-24-36(50)45-17-9-7-5-4-6-8-16-44-31-12-10-11-27-37(31)41(53)48(42-38(27)57-42)32-13-14-35(49)46-39(32)51/h10-12,15,18-22,32,38,42,44H,4-9,13-14,16-17,23-24H2,1-3H3,(H,45,50)(H,46,49,51). The number of fused-ring (bicyclic) bond motifs is 4. The van der Waals surface area contributed by atoms with E-state index in [4.69, 9.17) is 18.9 Å². The minimum Gasteiger partial charge on any atom is -0.496 e. The number of unbranched alkanes of at least 4 members (excludes halogenated alkanes) is 5. The average molecular weight is 781 g/mol. The van der Waals surface area contributed by atoms with Crippen LogP contribution >= 0.6 is 0 Å². The van der Waals surface area contributed by atoms with Crippen molar-refractivity contribution in [1.82, 2.24) is 25.1 Å². The van der Waals surface area contributed by atoms with Crippen molar-refractivity contribution in [3.63, 3.8) is 0 Å². The van der Waals surface area contributed by atoms with Gasteiger partial charge in [0.25, 0.3) is 11.5 Å². The molecule has 15 heteroatoms. The molecule has 15 nitrogen and oxygen atoms in total. The Balaban J connectivity index is 0.802. The molecule has 0 spiro atoms. The first-order chi connectivity index (χ1) is 27.7. The number of aryl methyl sites for hydroxylation is 1. The van der Waals surface area contributed by atoms with Crippen LogP contribution in [0.15, 0.2) is 59.8 Å². The van der Waals surface area contributed by atoms with Crippen LogP contribution in [-0.4, -0.2) is 84.3 Å². The molecule has 3 N–H and O–H groups in total. The number of carbonyl (C=O) groups is 4. The van der Waals surface area contributed by atoms with Gasteiger partial charge in [-0.25, -0.2) is 0 Å². The monoisotopic (exact) mass is 780 g/mol. The van der Waals surface area contributed by atoms with E-state index in [1.54, 1.807) is 39.9 Å². The van der Waals surface area contributed by atoms with Crippen LogP contribution in [0.4, 0.5) is 5.69 Å². The van der Waals surface area contributed by atoms with Gasteiger partial charge >= 0.3 is 0 Å². The highest BCUT2D eigenvalue weighted by Gasteiger charge is 2.56. The van der Waals surface area contributed by atoms with E-state index in [0.717, 1.165) is 66.3 Å². The summed E-state index contributed by atoms with van der Waals surface area (Å²) in [6.07, 6.45) is 10.6. The molecule has 3 atom stereocenters. The lowest BCUT2D eigenvalue weighted by Gasteiger charge is -2.34. The van der Waals surface area contributed by atoms with Crippen LogP contribution in [0.3, 0.4) is 0 Å². The van der Waals surface area contributed by atoms with Crippen LogP contribution in [0.1, 0.15) is 79.0 Å². The normalized spacial score (nSPS) is 18.5. The molecule has 0 bridgehead atoms. The van der Waals surface area contributed by atoms with Gasteiger partial charge in [-0.1, -0.05) is 37.8 Å². The number of rotatable bonds is 18. The summed E-state index contributed by atoms with van der Waals surface area (Å²) in [5.41, 5.74) is 4.24. The Morgan fingerprint density at radius 3 is 2.44 bits per heavy atom. The highest BCUT2D eigenvalue weighted by molar-refractivity contribution is 6.07. The number of hydrogen-bond acceptors (Lipinski definition) is 11. The number of anilines is 1. The van der Waals surface area contributed by atoms with E-state index in [0.29, 0.717) is 41.1 Å². The molecule has 300 valence electrons. The molecule has 0 radical (unpaired) electrons. The molecule has 7 rings (SSSR count). The molecule has 3 aliphatic heterocycles. The summed E-state index contributed by atoms with van der Waals surface area (Å²) in [6, 6.07) is 10.5. The average Bonchev–Trinajstić information content (AvgIpc) is 4.01. The van der Waals surface area contributed by atoms with Gasteiger partial charge in [0.05, 0.1) is 37.3 Å². The number of carbonyl (C=O) groups excluding carboxylic acids is 4. The topological polar surface area (TPSA) is 183 Å². The Morgan fingerprint density at radius 2 is 1.70 bits per heavy atom. The van der Waals surface area contributed by atoms with Crippen molar-refractivity contribution < 1.29 is 38.1 Å². The van der Waals surface area contributed by atoms with Crippen LogP contribution < -0.4 is 31.0 Å². The highest BCUT2D eigenvalue weighted by atomic mass is 16.6. The molecule has 2 fully saturated rings. The fraction of sp³-hybridized carbons (Fsp3) is 0.429. The molecule has 2 aromatic carbocycles. The van der Waals surface area contributed by atoms with E-state index >= 15 is 0 Å². The summed E-state index contributed by atoms with van der Waals surface area (Å²) in [6.45, 7) is 1.24. The van der Waals surface area contributed by atoms with Crippen molar-refractivity contribution in [1.29, 1.82) is 0 Å². The highest BCUT2D eigenvalue weighted by Crippen LogP contribution is 2.50. The van der Waals surface area contributed by atoms with Crippen molar-refractivity contribution in [2.45, 2.75) is 76.3 Å². The van der Waals surface area contributed by atoms with Crippen molar-refractivity contribution >= 4 is 40.1 Å². The Bertz CT molecular complexity index is 2210. The van der Waals surface area contributed by atoms with E-state index < -0.39 is 18.2 Å².